The van der Waals surface area contributed by atoms with Crippen molar-refractivity contribution in [3.63, 3.8) is 0 Å². The summed E-state index contributed by atoms with van der Waals surface area (Å²) in [6, 6.07) is 9.48. The van der Waals surface area contributed by atoms with Gasteiger partial charge in [0.25, 0.3) is 0 Å². The van der Waals surface area contributed by atoms with E-state index in [9.17, 15) is 14.7 Å². The van der Waals surface area contributed by atoms with Gasteiger partial charge in [-0.1, -0.05) is 30.3 Å². The minimum absolute atomic E-state index is 0.116. The first-order valence-corrected chi connectivity index (χ1v) is 7.21. The Morgan fingerprint density at radius 3 is 2.62 bits per heavy atom. The summed E-state index contributed by atoms with van der Waals surface area (Å²) < 4.78 is 4.66. The highest BCUT2D eigenvalue weighted by atomic mass is 16.5. The van der Waals surface area contributed by atoms with E-state index in [1.165, 1.54) is 7.11 Å². The Morgan fingerprint density at radius 1 is 1.29 bits per heavy atom. The fraction of sp³-hybridized carbons (Fsp3) is 0.500. The molecule has 1 saturated heterocycles. The van der Waals surface area contributed by atoms with E-state index >= 15 is 0 Å². The lowest BCUT2D eigenvalue weighted by Gasteiger charge is -2.28. The Balaban J connectivity index is 2.05. The maximum atomic E-state index is 11.4. The summed E-state index contributed by atoms with van der Waals surface area (Å²) in [5.41, 5.74) is 1.09. The predicted octanol–water partition coefficient (Wildman–Crippen LogP) is 2.06. The Labute approximate surface area is 124 Å². The monoisotopic (exact) mass is 291 g/mol. The molecular formula is C16H21NO4. The number of carbonyl (C=O) groups is 2. The molecule has 1 aliphatic rings. The lowest BCUT2D eigenvalue weighted by atomic mass is 10.1. The van der Waals surface area contributed by atoms with E-state index < -0.39 is 12.0 Å². The molecule has 0 radical (unpaired) electrons. The molecular weight excluding hydrogens is 270 g/mol. The van der Waals surface area contributed by atoms with Crippen LogP contribution in [-0.2, 0) is 20.9 Å². The van der Waals surface area contributed by atoms with Crippen molar-refractivity contribution in [3.05, 3.63) is 35.9 Å². The lowest BCUT2D eigenvalue weighted by Crippen LogP contribution is -2.40. The standard InChI is InChI=1S/C16H21NO4/c1-21-15(18)10-8-13-7-9-14(16(19)20)17(13)11-12-5-3-2-4-6-12/h2-6,13-14H,7-11H2,1H3,(H,19,20). The first-order valence-electron chi connectivity index (χ1n) is 7.21. The van der Waals surface area contributed by atoms with Gasteiger partial charge in [0.05, 0.1) is 7.11 Å². The zero-order valence-electron chi connectivity index (χ0n) is 12.2. The number of carbonyl (C=O) groups excluding carboxylic acids is 1. The molecule has 0 amide bonds. The molecule has 0 aromatic heterocycles. The molecule has 21 heavy (non-hydrogen) atoms. The van der Waals surface area contributed by atoms with Crippen molar-refractivity contribution in [1.29, 1.82) is 0 Å². The topological polar surface area (TPSA) is 66.8 Å². The van der Waals surface area contributed by atoms with E-state index in [1.807, 2.05) is 35.2 Å². The summed E-state index contributed by atoms with van der Waals surface area (Å²) in [4.78, 5) is 24.7. The van der Waals surface area contributed by atoms with Crippen molar-refractivity contribution < 1.29 is 19.4 Å². The van der Waals surface area contributed by atoms with Crippen LogP contribution >= 0.6 is 0 Å². The Bertz CT molecular complexity index is 488. The van der Waals surface area contributed by atoms with Crippen LogP contribution in [0.5, 0.6) is 0 Å². The Morgan fingerprint density at radius 2 is 2.00 bits per heavy atom. The van der Waals surface area contributed by atoms with E-state index in [0.29, 0.717) is 25.8 Å². The van der Waals surface area contributed by atoms with Crippen molar-refractivity contribution in [3.8, 4) is 0 Å². The van der Waals surface area contributed by atoms with Crippen molar-refractivity contribution in [2.45, 2.75) is 44.3 Å². The maximum absolute atomic E-state index is 11.4. The van der Waals surface area contributed by atoms with Crippen LogP contribution in [0.1, 0.15) is 31.2 Å². The molecule has 5 heteroatoms. The number of carboxylic acid groups (broad SMARTS) is 1. The molecule has 5 nitrogen and oxygen atoms in total. The van der Waals surface area contributed by atoms with Gasteiger partial charge in [0.15, 0.2) is 0 Å². The zero-order valence-corrected chi connectivity index (χ0v) is 12.2. The van der Waals surface area contributed by atoms with Crippen LogP contribution in [-0.4, -0.2) is 41.1 Å². The van der Waals surface area contributed by atoms with E-state index in [0.717, 1.165) is 12.0 Å². The smallest absolute Gasteiger partial charge is 0.320 e. The fourth-order valence-electron chi connectivity index (χ4n) is 2.93. The predicted molar refractivity (Wildman–Crippen MR) is 77.7 cm³/mol. The molecule has 2 rings (SSSR count). The highest BCUT2D eigenvalue weighted by Crippen LogP contribution is 2.29. The SMILES string of the molecule is COC(=O)CCC1CCC(C(=O)O)N1Cc1ccccc1. The normalized spacial score (nSPS) is 22.1. The lowest BCUT2D eigenvalue weighted by molar-refractivity contribution is -0.143. The first-order chi connectivity index (χ1) is 10.1. The van der Waals surface area contributed by atoms with Gasteiger partial charge in [-0.25, -0.2) is 0 Å². The molecule has 0 aliphatic carbocycles. The first kappa shape index (κ1) is 15.5. The highest BCUT2D eigenvalue weighted by molar-refractivity contribution is 5.74. The van der Waals surface area contributed by atoms with E-state index in [4.69, 9.17) is 0 Å². The molecule has 1 fully saturated rings. The van der Waals surface area contributed by atoms with Crippen LogP contribution in [0.4, 0.5) is 0 Å². The number of esters is 1. The van der Waals surface area contributed by atoms with Crippen molar-refractivity contribution in [2.75, 3.05) is 7.11 Å². The van der Waals surface area contributed by atoms with Gasteiger partial charge in [-0.15, -0.1) is 0 Å². The van der Waals surface area contributed by atoms with Gasteiger partial charge in [0, 0.05) is 19.0 Å². The molecule has 1 aliphatic heterocycles. The number of likely N-dealkylation sites (tertiary alicyclic amines) is 1. The molecule has 1 aromatic carbocycles. The highest BCUT2D eigenvalue weighted by Gasteiger charge is 2.37. The summed E-state index contributed by atoms with van der Waals surface area (Å²) in [5.74, 6) is -1.03. The molecule has 0 saturated carbocycles. The van der Waals surface area contributed by atoms with Crippen molar-refractivity contribution in [1.82, 2.24) is 4.90 Å². The van der Waals surface area contributed by atoms with Crippen LogP contribution in [0.15, 0.2) is 30.3 Å². The third-order valence-corrected chi connectivity index (χ3v) is 4.05. The molecule has 2 atom stereocenters. The molecule has 1 aromatic rings. The zero-order chi connectivity index (χ0) is 15.2. The average Bonchev–Trinajstić information content (AvgIpc) is 2.89. The number of hydrogen-bond acceptors (Lipinski definition) is 4. The largest absolute Gasteiger partial charge is 0.480 e. The quantitative estimate of drug-likeness (QED) is 0.813. The van der Waals surface area contributed by atoms with E-state index in [-0.39, 0.29) is 12.0 Å². The molecule has 1 N–H and O–H groups in total. The van der Waals surface area contributed by atoms with Crippen LogP contribution in [0.25, 0.3) is 0 Å². The second-order valence-electron chi connectivity index (χ2n) is 5.36. The van der Waals surface area contributed by atoms with Crippen molar-refractivity contribution in [2.24, 2.45) is 0 Å². The summed E-state index contributed by atoms with van der Waals surface area (Å²) >= 11 is 0. The number of ether oxygens (including phenoxy) is 1. The fourth-order valence-corrected chi connectivity index (χ4v) is 2.93. The Hall–Kier alpha value is -1.88. The van der Waals surface area contributed by atoms with Crippen LogP contribution in [0, 0.1) is 0 Å². The van der Waals surface area contributed by atoms with Gasteiger partial charge in [-0.2, -0.15) is 0 Å². The summed E-state index contributed by atoms with van der Waals surface area (Å²) in [7, 11) is 1.37. The van der Waals surface area contributed by atoms with Gasteiger partial charge in [0.2, 0.25) is 0 Å². The van der Waals surface area contributed by atoms with Gasteiger partial charge < -0.3 is 9.84 Å². The second-order valence-corrected chi connectivity index (χ2v) is 5.36. The average molecular weight is 291 g/mol. The molecule has 0 bridgehead atoms. The van der Waals surface area contributed by atoms with Gasteiger partial charge in [0.1, 0.15) is 6.04 Å². The number of hydrogen-bond donors (Lipinski definition) is 1. The number of carboxylic acids is 1. The number of methoxy groups -OCH3 is 1. The van der Waals surface area contributed by atoms with E-state index in [2.05, 4.69) is 4.74 Å². The summed E-state index contributed by atoms with van der Waals surface area (Å²) in [6.45, 7) is 0.601. The number of benzene rings is 1. The molecule has 114 valence electrons. The van der Waals surface area contributed by atoms with Crippen LogP contribution < -0.4 is 0 Å². The molecule has 0 spiro atoms. The third-order valence-electron chi connectivity index (χ3n) is 4.05. The van der Waals surface area contributed by atoms with Gasteiger partial charge in [-0.05, 0) is 24.8 Å². The number of rotatable bonds is 6. The van der Waals surface area contributed by atoms with Crippen LogP contribution in [0.3, 0.4) is 0 Å². The summed E-state index contributed by atoms with van der Waals surface area (Å²) in [5, 5.41) is 9.37. The van der Waals surface area contributed by atoms with Gasteiger partial charge >= 0.3 is 11.9 Å². The second kappa shape index (κ2) is 7.22. The number of nitrogens with zero attached hydrogens (tertiary/aromatic N) is 1. The van der Waals surface area contributed by atoms with Gasteiger partial charge in [-0.3, -0.25) is 14.5 Å². The van der Waals surface area contributed by atoms with E-state index in [1.54, 1.807) is 0 Å². The molecule has 2 unspecified atom stereocenters. The maximum Gasteiger partial charge on any atom is 0.320 e. The minimum atomic E-state index is -0.786. The Kier molecular flexibility index (Phi) is 5.33. The minimum Gasteiger partial charge on any atom is -0.480 e. The number of aliphatic carboxylic acids is 1. The third kappa shape index (κ3) is 4.04. The van der Waals surface area contributed by atoms with Crippen molar-refractivity contribution >= 4 is 11.9 Å². The molecule has 1 heterocycles. The summed E-state index contributed by atoms with van der Waals surface area (Å²) in [6.07, 6.45) is 2.41. The van der Waals surface area contributed by atoms with Crippen LogP contribution in [0.2, 0.25) is 0 Å².